The van der Waals surface area contributed by atoms with Gasteiger partial charge in [0.2, 0.25) is 0 Å². The zero-order chi connectivity index (χ0) is 29.4. The van der Waals surface area contributed by atoms with Gasteiger partial charge in [-0.2, -0.15) is 10.4 Å². The van der Waals surface area contributed by atoms with Crippen LogP contribution in [0.3, 0.4) is 0 Å². The van der Waals surface area contributed by atoms with Gasteiger partial charge in [-0.1, -0.05) is 49.9 Å². The number of allylic oxidation sites excluding steroid dienone is 1. The fraction of sp³-hybridized carbons (Fsp3) is 0.161. The van der Waals surface area contributed by atoms with Crippen LogP contribution in [0.15, 0.2) is 107 Å². The second-order valence-electron chi connectivity index (χ2n) is 10.2. The first kappa shape index (κ1) is 28.3. The van der Waals surface area contributed by atoms with Crippen molar-refractivity contribution in [1.29, 1.82) is 5.26 Å². The number of hydrogen-bond donors (Lipinski definition) is 0. The van der Waals surface area contributed by atoms with Gasteiger partial charge < -0.3 is 0 Å². The van der Waals surface area contributed by atoms with Crippen molar-refractivity contribution in [2.75, 3.05) is 0 Å². The lowest BCUT2D eigenvalue weighted by Crippen LogP contribution is -2.15. The third-order valence-electron chi connectivity index (χ3n) is 6.94. The highest BCUT2D eigenvalue weighted by Gasteiger charge is 2.25. The summed E-state index contributed by atoms with van der Waals surface area (Å²) in [5, 5.41) is 14.3. The lowest BCUT2D eigenvalue weighted by molar-refractivity contribution is 0.533. The first-order valence-electron chi connectivity index (χ1n) is 12.7. The maximum atomic E-state index is 16.0. The van der Waals surface area contributed by atoms with Gasteiger partial charge >= 0.3 is 0 Å². The van der Waals surface area contributed by atoms with Crippen LogP contribution >= 0.6 is 11.8 Å². The predicted octanol–water partition coefficient (Wildman–Crippen LogP) is 7.28. The highest BCUT2D eigenvalue weighted by atomic mass is 32.2. The summed E-state index contributed by atoms with van der Waals surface area (Å²) in [6.07, 6.45) is 7.64. The molecule has 0 saturated carbocycles. The summed E-state index contributed by atoms with van der Waals surface area (Å²) < 4.78 is 59.7. The van der Waals surface area contributed by atoms with Crippen LogP contribution in [-0.2, 0) is 22.0 Å². The monoisotopic (exact) mass is 588 g/mol. The average Bonchev–Trinajstić information content (AvgIpc) is 3.60. The van der Waals surface area contributed by atoms with E-state index in [0.717, 1.165) is 27.7 Å². The third kappa shape index (κ3) is 5.43. The summed E-state index contributed by atoms with van der Waals surface area (Å²) in [7, 11) is -4.00. The quantitative estimate of drug-likeness (QED) is 0.169. The topological polar surface area (TPSA) is 80.7 Å². The average molecular weight is 589 g/mol. The Labute approximate surface area is 241 Å². The van der Waals surface area contributed by atoms with Crippen LogP contribution in [0.4, 0.5) is 8.78 Å². The van der Waals surface area contributed by atoms with Crippen molar-refractivity contribution in [3.63, 3.8) is 0 Å². The summed E-state index contributed by atoms with van der Waals surface area (Å²) in [5.74, 6) is -1.31. The molecular weight excluding hydrogens is 562 g/mol. The molecule has 0 aliphatic carbocycles. The molecule has 0 aliphatic heterocycles. The molecule has 5 aromatic rings. The maximum absolute atomic E-state index is 16.0. The molecule has 0 unspecified atom stereocenters. The van der Waals surface area contributed by atoms with Gasteiger partial charge in [0.25, 0.3) is 10.0 Å². The molecule has 0 spiro atoms. The molecule has 6 nitrogen and oxygen atoms in total. The van der Waals surface area contributed by atoms with E-state index in [4.69, 9.17) is 0 Å². The van der Waals surface area contributed by atoms with Crippen LogP contribution < -0.4 is 0 Å². The van der Waals surface area contributed by atoms with Gasteiger partial charge in [-0.15, -0.1) is 6.58 Å². The Morgan fingerprint density at radius 3 is 2.56 bits per heavy atom. The number of rotatable bonds is 9. The molecule has 0 aliphatic rings. The van der Waals surface area contributed by atoms with Crippen molar-refractivity contribution in [3.05, 3.63) is 120 Å². The molecule has 0 atom stereocenters. The lowest BCUT2D eigenvalue weighted by Gasteiger charge is -2.20. The SMILES string of the molecule is C=CCC(C)(C)c1cnn(Cc2c(Sc3ccc(F)c(C#N)c3)c(F)cc3c2ccn3S(=O)(=O)c2ccccc2)c1. The predicted molar refractivity (Wildman–Crippen MR) is 155 cm³/mol. The smallest absolute Gasteiger partial charge is 0.268 e. The second kappa shape index (κ2) is 11.0. The summed E-state index contributed by atoms with van der Waals surface area (Å²) in [5.41, 5.74) is 1.29. The zero-order valence-electron chi connectivity index (χ0n) is 22.4. The zero-order valence-corrected chi connectivity index (χ0v) is 24.0. The van der Waals surface area contributed by atoms with Crippen LogP contribution in [0.25, 0.3) is 10.9 Å². The summed E-state index contributed by atoms with van der Waals surface area (Å²) in [6.45, 7) is 8.13. The molecule has 0 bridgehead atoms. The molecule has 10 heteroatoms. The van der Waals surface area contributed by atoms with E-state index in [1.165, 1.54) is 42.6 Å². The highest BCUT2D eigenvalue weighted by Crippen LogP contribution is 2.39. The van der Waals surface area contributed by atoms with Gasteiger partial charge in [0, 0.05) is 28.7 Å². The molecule has 0 radical (unpaired) electrons. The van der Waals surface area contributed by atoms with E-state index in [2.05, 4.69) is 25.5 Å². The van der Waals surface area contributed by atoms with E-state index < -0.39 is 21.7 Å². The lowest BCUT2D eigenvalue weighted by atomic mass is 9.84. The van der Waals surface area contributed by atoms with Crippen molar-refractivity contribution in [1.82, 2.24) is 13.8 Å². The largest absolute Gasteiger partial charge is 0.268 e. The maximum Gasteiger partial charge on any atom is 0.268 e. The van der Waals surface area contributed by atoms with Crippen molar-refractivity contribution >= 4 is 32.7 Å². The minimum Gasteiger partial charge on any atom is -0.268 e. The molecule has 208 valence electrons. The Hall–Kier alpha value is -4.20. The van der Waals surface area contributed by atoms with Gasteiger partial charge in [-0.25, -0.2) is 21.2 Å². The van der Waals surface area contributed by atoms with Crippen molar-refractivity contribution in [2.24, 2.45) is 0 Å². The minimum atomic E-state index is -4.00. The van der Waals surface area contributed by atoms with Crippen LogP contribution in [0, 0.1) is 23.0 Å². The van der Waals surface area contributed by atoms with Crippen molar-refractivity contribution in [2.45, 2.75) is 46.9 Å². The fourth-order valence-corrected chi connectivity index (χ4v) is 7.03. The number of halogens is 2. The molecule has 0 fully saturated rings. The number of aromatic nitrogens is 3. The Morgan fingerprint density at radius 2 is 1.85 bits per heavy atom. The van der Waals surface area contributed by atoms with E-state index in [0.29, 0.717) is 15.8 Å². The molecule has 41 heavy (non-hydrogen) atoms. The number of hydrogen-bond acceptors (Lipinski definition) is 5. The van der Waals surface area contributed by atoms with Gasteiger partial charge in [-0.05, 0) is 59.4 Å². The van der Waals surface area contributed by atoms with Crippen LogP contribution in [0.2, 0.25) is 0 Å². The molecule has 0 amide bonds. The Bertz CT molecular complexity index is 1920. The van der Waals surface area contributed by atoms with Crippen LogP contribution in [0.1, 0.15) is 37.0 Å². The molecule has 2 heterocycles. The van der Waals surface area contributed by atoms with E-state index in [-0.39, 0.29) is 32.8 Å². The third-order valence-corrected chi connectivity index (χ3v) is 9.78. The Kier molecular flexibility index (Phi) is 7.60. The van der Waals surface area contributed by atoms with Crippen molar-refractivity contribution in [3.8, 4) is 6.07 Å². The molecule has 0 saturated heterocycles. The molecule has 0 N–H and O–H groups in total. The van der Waals surface area contributed by atoms with E-state index in [1.54, 1.807) is 35.1 Å². The van der Waals surface area contributed by atoms with Gasteiger partial charge in [0.1, 0.15) is 17.7 Å². The minimum absolute atomic E-state index is 0.0782. The van der Waals surface area contributed by atoms with E-state index in [9.17, 15) is 18.1 Å². The summed E-state index contributed by atoms with van der Waals surface area (Å²) in [6, 6.07) is 16.6. The molecular formula is C31H26F2N4O2S2. The Morgan fingerprint density at radius 1 is 1.10 bits per heavy atom. The number of fused-ring (bicyclic) bond motifs is 1. The van der Waals surface area contributed by atoms with E-state index >= 15 is 4.39 Å². The van der Waals surface area contributed by atoms with Crippen molar-refractivity contribution < 1.29 is 17.2 Å². The summed E-state index contributed by atoms with van der Waals surface area (Å²) >= 11 is 1.04. The second-order valence-corrected chi connectivity index (χ2v) is 13.1. The Balaban J connectivity index is 1.67. The number of benzene rings is 3. The standard InChI is InChI=1S/C31H26F2N4O2S2/c1-4-13-31(2,3)22-18-35-36(19-22)20-26-25-12-14-37(41(38,39)24-8-6-5-7-9-24)29(25)16-28(33)30(26)40-23-10-11-27(32)21(15-23)17-34/h4-12,14-16,18-19H,1,13,20H2,2-3H3. The van der Waals surface area contributed by atoms with Gasteiger partial charge in [0.15, 0.2) is 0 Å². The molecule has 5 rings (SSSR count). The van der Waals surface area contributed by atoms with Gasteiger partial charge in [-0.3, -0.25) is 4.68 Å². The van der Waals surface area contributed by atoms with E-state index in [1.807, 2.05) is 18.3 Å². The normalized spacial score (nSPS) is 12.0. The number of nitriles is 1. The first-order valence-corrected chi connectivity index (χ1v) is 14.9. The first-order chi connectivity index (χ1) is 19.5. The highest BCUT2D eigenvalue weighted by molar-refractivity contribution is 7.99. The number of nitrogens with zero attached hydrogens (tertiary/aromatic N) is 4. The molecule has 2 aromatic heterocycles. The molecule has 3 aromatic carbocycles. The summed E-state index contributed by atoms with van der Waals surface area (Å²) in [4.78, 5) is 0.770. The van der Waals surface area contributed by atoms with Crippen LogP contribution in [-0.4, -0.2) is 22.2 Å². The van der Waals surface area contributed by atoms with Crippen LogP contribution in [0.5, 0.6) is 0 Å². The van der Waals surface area contributed by atoms with Gasteiger partial charge in [0.05, 0.1) is 33.6 Å². The fourth-order valence-electron chi connectivity index (χ4n) is 4.67.